The number of thioether (sulfide) groups is 1. The second-order valence-corrected chi connectivity index (χ2v) is 8.71. The largest absolute Gasteiger partial charge is 0.356 e. The molecule has 1 aliphatic heterocycles. The molecule has 3 rings (SSSR count). The molecule has 5 nitrogen and oxygen atoms in total. The summed E-state index contributed by atoms with van der Waals surface area (Å²) >= 11 is 1.87. The van der Waals surface area contributed by atoms with Gasteiger partial charge in [0.1, 0.15) is 0 Å². The van der Waals surface area contributed by atoms with Crippen molar-refractivity contribution in [1.82, 2.24) is 15.5 Å². The van der Waals surface area contributed by atoms with Gasteiger partial charge in [-0.1, -0.05) is 48.5 Å². The van der Waals surface area contributed by atoms with Crippen LogP contribution < -0.4 is 10.6 Å². The van der Waals surface area contributed by atoms with Crippen molar-refractivity contribution < 1.29 is 4.79 Å². The van der Waals surface area contributed by atoms with Crippen molar-refractivity contribution in [3.8, 4) is 0 Å². The number of aliphatic imine (C=N–C) groups is 1. The van der Waals surface area contributed by atoms with Gasteiger partial charge in [-0.25, -0.2) is 0 Å². The molecule has 0 saturated carbocycles. The Hall–Kier alpha value is -2.47. The predicted octanol–water partition coefficient (Wildman–Crippen LogP) is 3.43. The standard InChI is InChI=1S/C24H32N4OS/c1-25-24(26-14-8-16-30-22-11-6-3-7-12-22)27-18-21-17-23(29)28(19-21)15-13-20-9-4-2-5-10-20/h2-7,9-12,21H,8,13-19H2,1H3,(H2,25,26,27). The minimum absolute atomic E-state index is 0.263. The van der Waals surface area contributed by atoms with Crippen molar-refractivity contribution >= 4 is 23.6 Å². The summed E-state index contributed by atoms with van der Waals surface area (Å²) in [5.41, 5.74) is 1.28. The molecule has 2 aromatic rings. The molecule has 0 spiro atoms. The second kappa shape index (κ2) is 12.3. The maximum Gasteiger partial charge on any atom is 0.223 e. The van der Waals surface area contributed by atoms with Gasteiger partial charge in [0.15, 0.2) is 5.96 Å². The summed E-state index contributed by atoms with van der Waals surface area (Å²) in [5.74, 6) is 2.48. The van der Waals surface area contributed by atoms with E-state index >= 15 is 0 Å². The predicted molar refractivity (Wildman–Crippen MR) is 126 cm³/mol. The lowest BCUT2D eigenvalue weighted by molar-refractivity contribution is -0.127. The van der Waals surface area contributed by atoms with Crippen molar-refractivity contribution in [2.45, 2.75) is 24.2 Å². The van der Waals surface area contributed by atoms with Crippen molar-refractivity contribution in [2.24, 2.45) is 10.9 Å². The van der Waals surface area contributed by atoms with Crippen LogP contribution in [0.1, 0.15) is 18.4 Å². The third-order valence-electron chi connectivity index (χ3n) is 5.22. The zero-order valence-electron chi connectivity index (χ0n) is 17.7. The Labute approximate surface area is 184 Å². The molecule has 0 radical (unpaired) electrons. The lowest BCUT2D eigenvalue weighted by atomic mass is 10.1. The number of likely N-dealkylation sites (tertiary alicyclic amines) is 1. The molecule has 30 heavy (non-hydrogen) atoms. The van der Waals surface area contributed by atoms with E-state index in [2.05, 4.69) is 52.0 Å². The average Bonchev–Trinajstić information content (AvgIpc) is 3.15. The van der Waals surface area contributed by atoms with Crippen LogP contribution in [-0.4, -0.2) is 55.7 Å². The van der Waals surface area contributed by atoms with Gasteiger partial charge in [-0.2, -0.15) is 0 Å². The lowest BCUT2D eigenvalue weighted by Gasteiger charge is -2.18. The maximum atomic E-state index is 12.3. The fourth-order valence-corrected chi connectivity index (χ4v) is 4.44. The SMILES string of the molecule is CN=C(NCCCSc1ccccc1)NCC1CC(=O)N(CCc2ccccc2)C1. The van der Waals surface area contributed by atoms with Crippen molar-refractivity contribution in [1.29, 1.82) is 0 Å². The first-order chi connectivity index (χ1) is 14.7. The number of guanidine groups is 1. The summed E-state index contributed by atoms with van der Waals surface area (Å²) in [6.07, 6.45) is 2.60. The van der Waals surface area contributed by atoms with Gasteiger partial charge in [0.05, 0.1) is 0 Å². The minimum atomic E-state index is 0.263. The number of benzene rings is 2. The van der Waals surface area contributed by atoms with Crippen LogP contribution in [0.15, 0.2) is 70.6 Å². The summed E-state index contributed by atoms with van der Waals surface area (Å²) in [5, 5.41) is 6.76. The number of hydrogen-bond acceptors (Lipinski definition) is 3. The van der Waals surface area contributed by atoms with Crippen molar-refractivity contribution in [3.05, 3.63) is 66.2 Å². The van der Waals surface area contributed by atoms with E-state index in [1.807, 2.05) is 40.9 Å². The van der Waals surface area contributed by atoms with Gasteiger partial charge in [0.25, 0.3) is 0 Å². The van der Waals surface area contributed by atoms with Gasteiger partial charge < -0.3 is 15.5 Å². The molecular weight excluding hydrogens is 392 g/mol. The highest BCUT2D eigenvalue weighted by molar-refractivity contribution is 7.99. The first kappa shape index (κ1) is 22.2. The van der Waals surface area contributed by atoms with E-state index in [-0.39, 0.29) is 5.91 Å². The van der Waals surface area contributed by atoms with Crippen molar-refractivity contribution in [3.63, 3.8) is 0 Å². The number of hydrogen-bond donors (Lipinski definition) is 2. The Morgan fingerprint density at radius 3 is 2.57 bits per heavy atom. The molecule has 0 aromatic heterocycles. The zero-order valence-corrected chi connectivity index (χ0v) is 18.5. The molecule has 1 fully saturated rings. The maximum absolute atomic E-state index is 12.3. The van der Waals surface area contributed by atoms with Crippen LogP contribution in [-0.2, 0) is 11.2 Å². The van der Waals surface area contributed by atoms with E-state index in [9.17, 15) is 4.79 Å². The van der Waals surface area contributed by atoms with E-state index in [1.165, 1.54) is 10.5 Å². The van der Waals surface area contributed by atoms with Gasteiger partial charge in [-0.05, 0) is 36.3 Å². The zero-order chi connectivity index (χ0) is 21.0. The molecular formula is C24H32N4OS. The summed E-state index contributed by atoms with van der Waals surface area (Å²) in [6.45, 7) is 3.27. The van der Waals surface area contributed by atoms with Crippen LogP contribution in [0, 0.1) is 5.92 Å². The Morgan fingerprint density at radius 2 is 1.83 bits per heavy atom. The molecule has 1 unspecified atom stereocenters. The molecule has 1 amide bonds. The number of nitrogens with one attached hydrogen (secondary N) is 2. The third-order valence-corrected chi connectivity index (χ3v) is 6.31. The summed E-state index contributed by atoms with van der Waals surface area (Å²) < 4.78 is 0. The lowest BCUT2D eigenvalue weighted by Crippen LogP contribution is -2.40. The third kappa shape index (κ3) is 7.41. The van der Waals surface area contributed by atoms with Crippen LogP contribution in [0.25, 0.3) is 0 Å². The Bertz CT molecular complexity index is 797. The summed E-state index contributed by atoms with van der Waals surface area (Å²) in [6, 6.07) is 20.8. The van der Waals surface area contributed by atoms with E-state index in [0.29, 0.717) is 12.3 Å². The fraction of sp³-hybridized carbons (Fsp3) is 0.417. The normalized spacial score (nSPS) is 16.7. The average molecular weight is 425 g/mol. The molecule has 1 atom stereocenters. The van der Waals surface area contributed by atoms with Gasteiger partial charge in [-0.3, -0.25) is 9.79 Å². The van der Waals surface area contributed by atoms with Gasteiger partial charge >= 0.3 is 0 Å². The Balaban J connectivity index is 1.30. The smallest absolute Gasteiger partial charge is 0.223 e. The number of carbonyl (C=O) groups excluding carboxylic acids is 1. The molecule has 2 N–H and O–H groups in total. The highest BCUT2D eigenvalue weighted by Crippen LogP contribution is 2.18. The Morgan fingerprint density at radius 1 is 1.10 bits per heavy atom. The molecule has 1 heterocycles. The topological polar surface area (TPSA) is 56.7 Å². The highest BCUT2D eigenvalue weighted by atomic mass is 32.2. The first-order valence-electron chi connectivity index (χ1n) is 10.7. The quantitative estimate of drug-likeness (QED) is 0.266. The van der Waals surface area contributed by atoms with Crippen molar-refractivity contribution in [2.75, 3.05) is 39.0 Å². The number of amides is 1. The fourth-order valence-electron chi connectivity index (χ4n) is 3.56. The van der Waals surface area contributed by atoms with E-state index in [1.54, 1.807) is 7.05 Å². The van der Waals surface area contributed by atoms with Crippen LogP contribution in [0.2, 0.25) is 0 Å². The van der Waals surface area contributed by atoms with Gasteiger partial charge in [0, 0.05) is 50.5 Å². The van der Waals surface area contributed by atoms with Gasteiger partial charge in [-0.15, -0.1) is 11.8 Å². The van der Waals surface area contributed by atoms with Crippen LogP contribution in [0.5, 0.6) is 0 Å². The molecule has 6 heteroatoms. The second-order valence-electron chi connectivity index (χ2n) is 7.54. The summed E-state index contributed by atoms with van der Waals surface area (Å²) in [4.78, 5) is 19.9. The van der Waals surface area contributed by atoms with E-state index < -0.39 is 0 Å². The Kier molecular flexibility index (Phi) is 9.09. The molecule has 160 valence electrons. The number of rotatable bonds is 10. The molecule has 0 bridgehead atoms. The van der Waals surface area contributed by atoms with E-state index in [0.717, 1.165) is 50.7 Å². The molecule has 0 aliphatic carbocycles. The van der Waals surface area contributed by atoms with Gasteiger partial charge in [0.2, 0.25) is 5.91 Å². The molecule has 1 saturated heterocycles. The molecule has 1 aliphatic rings. The van der Waals surface area contributed by atoms with Crippen LogP contribution >= 0.6 is 11.8 Å². The first-order valence-corrected chi connectivity index (χ1v) is 11.7. The minimum Gasteiger partial charge on any atom is -0.356 e. The number of nitrogens with zero attached hydrogens (tertiary/aromatic N) is 2. The van der Waals surface area contributed by atoms with E-state index in [4.69, 9.17) is 0 Å². The summed E-state index contributed by atoms with van der Waals surface area (Å²) in [7, 11) is 1.79. The highest BCUT2D eigenvalue weighted by Gasteiger charge is 2.29. The molecule has 2 aromatic carbocycles. The van der Waals surface area contributed by atoms with Crippen LogP contribution in [0.3, 0.4) is 0 Å². The number of carbonyl (C=O) groups is 1. The monoisotopic (exact) mass is 424 g/mol. The van der Waals surface area contributed by atoms with Crippen LogP contribution in [0.4, 0.5) is 0 Å².